The number of nitrogens with zero attached hydrogens (tertiary/aromatic N) is 1. The molecule has 0 aliphatic carbocycles. The van der Waals surface area contributed by atoms with Crippen LogP contribution in [0.1, 0.15) is 25.3 Å². The minimum atomic E-state index is 0.233. The Bertz CT molecular complexity index is 849. The summed E-state index contributed by atoms with van der Waals surface area (Å²) in [6, 6.07) is 14.5. The van der Waals surface area contributed by atoms with Crippen LogP contribution in [0.2, 0.25) is 0 Å². The van der Waals surface area contributed by atoms with E-state index in [4.69, 9.17) is 4.42 Å². The van der Waals surface area contributed by atoms with Crippen LogP contribution < -0.4 is 0 Å². The Labute approximate surface area is 129 Å². The Morgan fingerprint density at radius 3 is 2.82 bits per heavy atom. The van der Waals surface area contributed by atoms with Crippen LogP contribution in [-0.2, 0) is 11.2 Å². The number of fused-ring (bicyclic) bond motifs is 3. The molecule has 2 aromatic carbocycles. The van der Waals surface area contributed by atoms with E-state index in [0.717, 1.165) is 46.9 Å². The number of amides is 1. The highest BCUT2D eigenvalue weighted by Gasteiger charge is 2.24. The third kappa shape index (κ3) is 2.17. The molecule has 0 saturated carbocycles. The first kappa shape index (κ1) is 13.4. The highest BCUT2D eigenvalue weighted by molar-refractivity contribution is 6.05. The fourth-order valence-corrected chi connectivity index (χ4v) is 3.46. The number of hydrogen-bond donors (Lipinski definition) is 0. The lowest BCUT2D eigenvalue weighted by Gasteiger charge is -2.21. The zero-order valence-corrected chi connectivity index (χ0v) is 12.7. The van der Waals surface area contributed by atoms with Gasteiger partial charge in [0.1, 0.15) is 11.2 Å². The van der Waals surface area contributed by atoms with Crippen molar-refractivity contribution in [2.45, 2.75) is 32.2 Å². The Kier molecular flexibility index (Phi) is 3.14. The predicted octanol–water partition coefficient (Wildman–Crippen LogP) is 4.14. The van der Waals surface area contributed by atoms with Crippen LogP contribution >= 0.6 is 0 Å². The van der Waals surface area contributed by atoms with Gasteiger partial charge in [0, 0.05) is 23.4 Å². The maximum Gasteiger partial charge on any atom is 0.227 e. The van der Waals surface area contributed by atoms with Gasteiger partial charge in [-0.2, -0.15) is 0 Å². The van der Waals surface area contributed by atoms with Gasteiger partial charge in [-0.05, 0) is 43.5 Å². The van der Waals surface area contributed by atoms with E-state index in [1.165, 1.54) is 0 Å². The van der Waals surface area contributed by atoms with Crippen molar-refractivity contribution < 1.29 is 9.21 Å². The SMILES string of the molecule is CC1CCCN1C(=O)Cc1ccc2oc3ccccc3c2c1. The van der Waals surface area contributed by atoms with Crippen molar-refractivity contribution in [1.82, 2.24) is 4.90 Å². The zero-order valence-electron chi connectivity index (χ0n) is 12.7. The summed E-state index contributed by atoms with van der Waals surface area (Å²) in [5.41, 5.74) is 2.84. The summed E-state index contributed by atoms with van der Waals surface area (Å²) in [4.78, 5) is 14.5. The van der Waals surface area contributed by atoms with Crippen LogP contribution in [0, 0.1) is 0 Å². The predicted molar refractivity (Wildman–Crippen MR) is 87.8 cm³/mol. The number of hydrogen-bond acceptors (Lipinski definition) is 2. The topological polar surface area (TPSA) is 33.5 Å². The molecule has 0 N–H and O–H groups in total. The van der Waals surface area contributed by atoms with E-state index in [9.17, 15) is 4.79 Å². The summed E-state index contributed by atoms with van der Waals surface area (Å²) in [6.45, 7) is 3.04. The highest BCUT2D eigenvalue weighted by Crippen LogP contribution is 2.29. The van der Waals surface area contributed by atoms with Crippen LogP contribution in [-0.4, -0.2) is 23.4 Å². The van der Waals surface area contributed by atoms with Crippen molar-refractivity contribution in [1.29, 1.82) is 0 Å². The first-order valence-corrected chi connectivity index (χ1v) is 7.92. The molecule has 4 rings (SSSR count). The van der Waals surface area contributed by atoms with E-state index in [1.54, 1.807) is 0 Å². The summed E-state index contributed by atoms with van der Waals surface area (Å²) in [6.07, 6.45) is 2.72. The molecule has 1 saturated heterocycles. The summed E-state index contributed by atoms with van der Waals surface area (Å²) in [7, 11) is 0. The van der Waals surface area contributed by atoms with Crippen molar-refractivity contribution in [2.24, 2.45) is 0 Å². The molecule has 2 heterocycles. The number of benzene rings is 2. The van der Waals surface area contributed by atoms with Crippen molar-refractivity contribution in [2.75, 3.05) is 6.54 Å². The third-order valence-corrected chi connectivity index (χ3v) is 4.67. The van der Waals surface area contributed by atoms with Gasteiger partial charge in [-0.1, -0.05) is 24.3 Å². The summed E-state index contributed by atoms with van der Waals surface area (Å²) in [5.74, 6) is 0.233. The lowest BCUT2D eigenvalue weighted by Crippen LogP contribution is -2.34. The molecule has 112 valence electrons. The molecule has 0 bridgehead atoms. The molecule has 22 heavy (non-hydrogen) atoms. The lowest BCUT2D eigenvalue weighted by molar-refractivity contribution is -0.130. The molecule has 1 unspecified atom stereocenters. The highest BCUT2D eigenvalue weighted by atomic mass is 16.3. The van der Waals surface area contributed by atoms with Crippen molar-refractivity contribution in [3.8, 4) is 0 Å². The average molecular weight is 293 g/mol. The smallest absolute Gasteiger partial charge is 0.227 e. The Morgan fingerprint density at radius 1 is 1.18 bits per heavy atom. The summed E-state index contributed by atoms with van der Waals surface area (Å²) >= 11 is 0. The Balaban J connectivity index is 1.67. The van der Waals surface area contributed by atoms with Crippen molar-refractivity contribution in [3.05, 3.63) is 48.0 Å². The molecular formula is C19H19NO2. The lowest BCUT2D eigenvalue weighted by atomic mass is 10.1. The number of furan rings is 1. The van der Waals surface area contributed by atoms with Gasteiger partial charge in [-0.25, -0.2) is 0 Å². The molecule has 1 aliphatic heterocycles. The fraction of sp³-hybridized carbons (Fsp3) is 0.316. The standard InChI is InChI=1S/C19H19NO2/c1-13-5-4-10-20(13)19(21)12-14-8-9-18-16(11-14)15-6-2-3-7-17(15)22-18/h2-3,6-9,11,13H,4-5,10,12H2,1H3. The van der Waals surface area contributed by atoms with E-state index >= 15 is 0 Å². The van der Waals surface area contributed by atoms with E-state index in [2.05, 4.69) is 19.1 Å². The molecule has 1 fully saturated rings. The first-order chi connectivity index (χ1) is 10.7. The molecular weight excluding hydrogens is 274 g/mol. The van der Waals surface area contributed by atoms with Crippen molar-refractivity contribution >= 4 is 27.8 Å². The van der Waals surface area contributed by atoms with Crippen LogP contribution in [0.4, 0.5) is 0 Å². The minimum Gasteiger partial charge on any atom is -0.456 e. The molecule has 3 nitrogen and oxygen atoms in total. The van der Waals surface area contributed by atoms with Gasteiger partial charge in [0.05, 0.1) is 6.42 Å². The van der Waals surface area contributed by atoms with Crippen LogP contribution in [0.5, 0.6) is 0 Å². The molecule has 1 amide bonds. The molecule has 3 heteroatoms. The molecule has 1 aromatic heterocycles. The maximum absolute atomic E-state index is 12.5. The minimum absolute atomic E-state index is 0.233. The number of rotatable bonds is 2. The van der Waals surface area contributed by atoms with Crippen LogP contribution in [0.3, 0.4) is 0 Å². The number of carbonyl (C=O) groups is 1. The number of likely N-dealkylation sites (tertiary alicyclic amines) is 1. The van der Waals surface area contributed by atoms with Gasteiger partial charge < -0.3 is 9.32 Å². The number of para-hydroxylation sites is 1. The second-order valence-electron chi connectivity index (χ2n) is 6.18. The monoisotopic (exact) mass is 293 g/mol. The van der Waals surface area contributed by atoms with Crippen LogP contribution in [0.25, 0.3) is 21.9 Å². The molecule has 0 radical (unpaired) electrons. The molecule has 0 spiro atoms. The summed E-state index contributed by atoms with van der Waals surface area (Å²) < 4.78 is 5.83. The van der Waals surface area contributed by atoms with Gasteiger partial charge in [0.25, 0.3) is 0 Å². The fourth-order valence-electron chi connectivity index (χ4n) is 3.46. The molecule has 1 aliphatic rings. The van der Waals surface area contributed by atoms with E-state index in [0.29, 0.717) is 12.5 Å². The quantitative estimate of drug-likeness (QED) is 0.711. The second kappa shape index (κ2) is 5.16. The molecule has 1 atom stereocenters. The molecule has 3 aromatic rings. The van der Waals surface area contributed by atoms with E-state index in [1.807, 2.05) is 35.2 Å². The largest absolute Gasteiger partial charge is 0.456 e. The van der Waals surface area contributed by atoms with E-state index < -0.39 is 0 Å². The first-order valence-electron chi connectivity index (χ1n) is 7.92. The average Bonchev–Trinajstić information content (AvgIpc) is 3.10. The summed E-state index contributed by atoms with van der Waals surface area (Å²) in [5, 5.41) is 2.21. The Morgan fingerprint density at radius 2 is 2.00 bits per heavy atom. The van der Waals surface area contributed by atoms with Gasteiger partial charge in [0.15, 0.2) is 0 Å². The van der Waals surface area contributed by atoms with Gasteiger partial charge in [-0.3, -0.25) is 4.79 Å². The Hall–Kier alpha value is -2.29. The van der Waals surface area contributed by atoms with Gasteiger partial charge >= 0.3 is 0 Å². The number of carbonyl (C=O) groups excluding carboxylic acids is 1. The normalized spacial score (nSPS) is 18.4. The van der Waals surface area contributed by atoms with Crippen molar-refractivity contribution in [3.63, 3.8) is 0 Å². The van der Waals surface area contributed by atoms with Gasteiger partial charge in [0.2, 0.25) is 5.91 Å². The second-order valence-corrected chi connectivity index (χ2v) is 6.18. The zero-order chi connectivity index (χ0) is 15.1. The van der Waals surface area contributed by atoms with Crippen LogP contribution in [0.15, 0.2) is 46.9 Å². The third-order valence-electron chi connectivity index (χ3n) is 4.67. The maximum atomic E-state index is 12.5. The van der Waals surface area contributed by atoms with E-state index in [-0.39, 0.29) is 5.91 Å². The van der Waals surface area contributed by atoms with Gasteiger partial charge in [-0.15, -0.1) is 0 Å².